The summed E-state index contributed by atoms with van der Waals surface area (Å²) in [5.74, 6) is -8.13. The molecule has 1 nitrogen and oxygen atoms in total. The minimum absolute atomic E-state index is 0.161. The Morgan fingerprint density at radius 1 is 0.600 bits per heavy atom. The third-order valence-corrected chi connectivity index (χ3v) is 7.20. The van der Waals surface area contributed by atoms with E-state index in [0.29, 0.717) is 31.0 Å². The molecule has 0 bridgehead atoms. The standard InChI is InChI=1S/C36H24F8O/c1-21(37)34(41)26-12-10-25(11-13-26)24-8-4-22(5-9-24)2-3-23-6-14-28(15-7-23)36(43,44)45-29-16-17-30(31(38)20-29)27-18-32(39)35(42)33(40)19-27/h4-20H,2-3H2,1H3/b34-21+. The van der Waals surface area contributed by atoms with Gasteiger partial charge in [-0.05, 0) is 84.0 Å². The summed E-state index contributed by atoms with van der Waals surface area (Å²) in [6.07, 6.45) is -2.63. The molecule has 5 rings (SSSR count). The Hall–Kier alpha value is -4.92. The second-order valence-electron chi connectivity index (χ2n) is 10.3. The highest BCUT2D eigenvalue weighted by Gasteiger charge is 2.34. The average molecular weight is 625 g/mol. The second kappa shape index (κ2) is 13.0. The first-order chi connectivity index (χ1) is 21.4. The SMILES string of the molecule is C/C(F)=C(\F)c1ccc(-c2ccc(CCc3ccc(C(F)(F)Oc4ccc(-c5cc(F)c(F)c(F)c5)c(F)c4)cc3)cc2)cc1. The van der Waals surface area contributed by atoms with Crippen molar-refractivity contribution in [2.45, 2.75) is 25.9 Å². The van der Waals surface area contributed by atoms with E-state index in [1.54, 1.807) is 12.1 Å². The van der Waals surface area contributed by atoms with Crippen molar-refractivity contribution in [2.75, 3.05) is 0 Å². The minimum atomic E-state index is -3.82. The second-order valence-corrected chi connectivity index (χ2v) is 10.3. The molecule has 0 aromatic heterocycles. The molecule has 0 saturated carbocycles. The highest BCUT2D eigenvalue weighted by atomic mass is 19.3. The summed E-state index contributed by atoms with van der Waals surface area (Å²) in [5, 5.41) is 0. The van der Waals surface area contributed by atoms with E-state index in [1.165, 1.54) is 36.4 Å². The van der Waals surface area contributed by atoms with Gasteiger partial charge in [-0.2, -0.15) is 8.78 Å². The molecule has 0 spiro atoms. The normalized spacial score (nSPS) is 12.2. The molecule has 0 fully saturated rings. The first-order valence-corrected chi connectivity index (χ1v) is 13.7. The third-order valence-electron chi connectivity index (χ3n) is 7.20. The highest BCUT2D eigenvalue weighted by Crippen LogP contribution is 2.35. The molecule has 0 unspecified atom stereocenters. The van der Waals surface area contributed by atoms with Crippen LogP contribution in [0.5, 0.6) is 5.75 Å². The summed E-state index contributed by atoms with van der Waals surface area (Å²) in [6, 6.07) is 23.5. The molecule has 0 heterocycles. The van der Waals surface area contributed by atoms with Crippen molar-refractivity contribution < 1.29 is 39.9 Å². The van der Waals surface area contributed by atoms with Gasteiger partial charge in [0.2, 0.25) is 0 Å². The number of hydrogen-bond donors (Lipinski definition) is 0. The van der Waals surface area contributed by atoms with Gasteiger partial charge in [0, 0.05) is 17.2 Å². The number of benzene rings is 5. The summed E-state index contributed by atoms with van der Waals surface area (Å²) in [6.45, 7) is 1.06. The van der Waals surface area contributed by atoms with Crippen LogP contribution in [0.4, 0.5) is 35.1 Å². The molecular weight excluding hydrogens is 600 g/mol. The summed E-state index contributed by atoms with van der Waals surface area (Å²) >= 11 is 0. The Morgan fingerprint density at radius 2 is 1.11 bits per heavy atom. The Labute approximate surface area is 254 Å². The van der Waals surface area contributed by atoms with Crippen molar-refractivity contribution in [3.63, 3.8) is 0 Å². The van der Waals surface area contributed by atoms with Crippen molar-refractivity contribution in [1.82, 2.24) is 0 Å². The maximum absolute atomic E-state index is 14.9. The van der Waals surface area contributed by atoms with Crippen LogP contribution in [0.1, 0.15) is 29.2 Å². The number of hydrogen-bond acceptors (Lipinski definition) is 1. The van der Waals surface area contributed by atoms with E-state index in [9.17, 15) is 35.1 Å². The van der Waals surface area contributed by atoms with Crippen LogP contribution in [0, 0.1) is 23.3 Å². The van der Waals surface area contributed by atoms with Gasteiger partial charge in [-0.15, -0.1) is 0 Å². The zero-order valence-electron chi connectivity index (χ0n) is 23.7. The van der Waals surface area contributed by atoms with Gasteiger partial charge in [-0.25, -0.2) is 26.3 Å². The fourth-order valence-electron chi connectivity index (χ4n) is 4.74. The molecule has 0 saturated heterocycles. The molecule has 0 radical (unpaired) electrons. The number of alkyl halides is 2. The lowest BCUT2D eigenvalue weighted by Gasteiger charge is -2.19. The smallest absolute Gasteiger partial charge is 0.426 e. The average Bonchev–Trinajstić information content (AvgIpc) is 3.02. The lowest BCUT2D eigenvalue weighted by molar-refractivity contribution is -0.185. The molecule has 230 valence electrons. The van der Waals surface area contributed by atoms with Crippen LogP contribution < -0.4 is 4.74 Å². The molecule has 45 heavy (non-hydrogen) atoms. The predicted molar refractivity (Wildman–Crippen MR) is 157 cm³/mol. The maximum Gasteiger partial charge on any atom is 0.426 e. The van der Waals surface area contributed by atoms with E-state index in [1.807, 2.05) is 24.3 Å². The molecule has 0 N–H and O–H groups in total. The van der Waals surface area contributed by atoms with E-state index < -0.39 is 52.3 Å². The van der Waals surface area contributed by atoms with Crippen molar-refractivity contribution in [2.24, 2.45) is 0 Å². The molecule has 5 aromatic rings. The highest BCUT2D eigenvalue weighted by molar-refractivity contribution is 5.68. The topological polar surface area (TPSA) is 9.23 Å². The largest absolute Gasteiger partial charge is 0.429 e. The van der Waals surface area contributed by atoms with E-state index in [-0.39, 0.29) is 16.7 Å². The van der Waals surface area contributed by atoms with Gasteiger partial charge in [0.05, 0.1) is 5.56 Å². The molecule has 0 aliphatic heterocycles. The Balaban J connectivity index is 1.20. The zero-order valence-corrected chi connectivity index (χ0v) is 23.7. The van der Waals surface area contributed by atoms with Gasteiger partial charge in [-0.3, -0.25) is 0 Å². The molecule has 0 aliphatic carbocycles. The van der Waals surface area contributed by atoms with Gasteiger partial charge in [0.15, 0.2) is 23.3 Å². The summed E-state index contributed by atoms with van der Waals surface area (Å²) < 4.78 is 116. The van der Waals surface area contributed by atoms with Crippen LogP contribution in [0.15, 0.2) is 109 Å². The molecule has 9 heteroatoms. The van der Waals surface area contributed by atoms with Gasteiger partial charge in [0.25, 0.3) is 0 Å². The first kappa shape index (κ1) is 31.5. The summed E-state index contributed by atoms with van der Waals surface area (Å²) in [5.41, 5.74) is 2.60. The number of aryl methyl sites for hydroxylation is 2. The molecule has 0 aliphatic rings. The van der Waals surface area contributed by atoms with Crippen molar-refractivity contribution >= 4 is 5.83 Å². The number of rotatable bonds is 9. The van der Waals surface area contributed by atoms with Crippen LogP contribution in [0.25, 0.3) is 28.1 Å². The fourth-order valence-corrected chi connectivity index (χ4v) is 4.74. The van der Waals surface area contributed by atoms with Gasteiger partial charge in [0.1, 0.15) is 17.4 Å². The van der Waals surface area contributed by atoms with E-state index in [2.05, 4.69) is 0 Å². The van der Waals surface area contributed by atoms with Crippen LogP contribution in [0.2, 0.25) is 0 Å². The molecule has 5 aromatic carbocycles. The maximum atomic E-state index is 14.9. The lowest BCUT2D eigenvalue weighted by atomic mass is 9.99. The Bertz CT molecular complexity index is 1820. The predicted octanol–water partition coefficient (Wildman–Crippen LogP) is 11.1. The molecular formula is C36H24F8O. The number of ether oxygens (including phenoxy) is 1. The monoisotopic (exact) mass is 624 g/mol. The lowest BCUT2D eigenvalue weighted by Crippen LogP contribution is -2.22. The van der Waals surface area contributed by atoms with Crippen molar-refractivity contribution in [1.29, 1.82) is 0 Å². The van der Waals surface area contributed by atoms with E-state index in [4.69, 9.17) is 4.74 Å². The van der Waals surface area contributed by atoms with Crippen LogP contribution in [-0.2, 0) is 19.0 Å². The van der Waals surface area contributed by atoms with Crippen molar-refractivity contribution in [3.05, 3.63) is 154 Å². The fraction of sp³-hybridized carbons (Fsp3) is 0.111. The van der Waals surface area contributed by atoms with Crippen LogP contribution >= 0.6 is 0 Å². The minimum Gasteiger partial charge on any atom is -0.429 e. The number of allylic oxidation sites excluding steroid dienone is 1. The van der Waals surface area contributed by atoms with E-state index in [0.717, 1.165) is 41.3 Å². The molecule has 0 atom stereocenters. The van der Waals surface area contributed by atoms with Gasteiger partial charge in [-0.1, -0.05) is 60.7 Å². The van der Waals surface area contributed by atoms with E-state index >= 15 is 0 Å². The quantitative estimate of drug-likeness (QED) is 0.117. The van der Waals surface area contributed by atoms with Crippen LogP contribution in [0.3, 0.4) is 0 Å². The zero-order chi connectivity index (χ0) is 32.3. The van der Waals surface area contributed by atoms with Gasteiger partial charge < -0.3 is 4.74 Å². The Morgan fingerprint density at radius 3 is 1.62 bits per heavy atom. The van der Waals surface area contributed by atoms with Gasteiger partial charge >= 0.3 is 6.11 Å². The van der Waals surface area contributed by atoms with Crippen LogP contribution in [-0.4, -0.2) is 0 Å². The third kappa shape index (κ3) is 7.25. The first-order valence-electron chi connectivity index (χ1n) is 13.7. The van der Waals surface area contributed by atoms with Crippen molar-refractivity contribution in [3.8, 4) is 28.0 Å². The summed E-state index contributed by atoms with van der Waals surface area (Å²) in [7, 11) is 0. The number of halogens is 8. The Kier molecular flexibility index (Phi) is 9.09. The molecule has 0 amide bonds. The summed E-state index contributed by atoms with van der Waals surface area (Å²) in [4.78, 5) is 0.